The molecule has 8 heteroatoms. The molecule has 1 N–H and O–H groups in total. The normalized spacial score (nSPS) is 21.7. The van der Waals surface area contributed by atoms with Crippen LogP contribution in [0.4, 0.5) is 5.69 Å². The number of sulfonamides is 1. The molecular weight excluding hydrogens is 338 g/mol. The Balaban J connectivity index is 0.00000192. The van der Waals surface area contributed by atoms with Gasteiger partial charge in [-0.3, -0.25) is 4.79 Å². The van der Waals surface area contributed by atoms with E-state index in [1.54, 1.807) is 27.4 Å². The Morgan fingerprint density at radius 3 is 2.70 bits per heavy atom. The van der Waals surface area contributed by atoms with Crippen molar-refractivity contribution in [3.63, 3.8) is 0 Å². The van der Waals surface area contributed by atoms with Gasteiger partial charge in [-0.25, -0.2) is 8.42 Å². The molecule has 2 aliphatic rings. The number of nitrogens with zero attached hydrogens (tertiary/aromatic N) is 2. The summed E-state index contributed by atoms with van der Waals surface area (Å²) in [4.78, 5) is 13.6. The summed E-state index contributed by atoms with van der Waals surface area (Å²) in [6.45, 7) is 5.89. The Morgan fingerprint density at radius 1 is 1.30 bits per heavy atom. The van der Waals surface area contributed by atoms with E-state index in [1.165, 1.54) is 6.92 Å². The summed E-state index contributed by atoms with van der Waals surface area (Å²) in [6.07, 6.45) is 0.704. The van der Waals surface area contributed by atoms with Gasteiger partial charge in [0.2, 0.25) is 15.9 Å². The van der Waals surface area contributed by atoms with Crippen LogP contribution in [0.1, 0.15) is 19.4 Å². The Kier molecular flexibility index (Phi) is 5.35. The molecule has 1 atom stereocenters. The number of nitrogens with one attached hydrogen (secondary N) is 1. The van der Waals surface area contributed by atoms with E-state index < -0.39 is 10.0 Å². The number of rotatable bonds is 2. The number of anilines is 1. The third-order valence-electron chi connectivity index (χ3n) is 4.37. The van der Waals surface area contributed by atoms with Crippen molar-refractivity contribution in [2.24, 2.45) is 0 Å². The van der Waals surface area contributed by atoms with Crippen LogP contribution in [0.2, 0.25) is 0 Å². The molecule has 2 aliphatic heterocycles. The highest BCUT2D eigenvalue weighted by molar-refractivity contribution is 7.89. The molecule has 0 unspecified atom stereocenters. The maximum Gasteiger partial charge on any atom is 0.243 e. The van der Waals surface area contributed by atoms with E-state index in [9.17, 15) is 13.2 Å². The van der Waals surface area contributed by atoms with Crippen LogP contribution in [0.5, 0.6) is 0 Å². The number of hydrogen-bond donors (Lipinski definition) is 1. The minimum atomic E-state index is -3.48. The third-order valence-corrected chi connectivity index (χ3v) is 6.38. The van der Waals surface area contributed by atoms with Crippen LogP contribution in [0, 0.1) is 0 Å². The van der Waals surface area contributed by atoms with E-state index >= 15 is 0 Å². The molecule has 0 aromatic heterocycles. The predicted molar refractivity (Wildman–Crippen MR) is 91.6 cm³/mol. The molecule has 128 valence electrons. The molecule has 3 rings (SSSR count). The van der Waals surface area contributed by atoms with Crippen LogP contribution < -0.4 is 10.2 Å². The lowest BCUT2D eigenvalue weighted by Crippen LogP contribution is -2.52. The van der Waals surface area contributed by atoms with Crippen LogP contribution >= 0.6 is 12.4 Å². The van der Waals surface area contributed by atoms with Gasteiger partial charge in [-0.05, 0) is 37.1 Å². The number of carbonyl (C=O) groups is 1. The number of carbonyl (C=O) groups excluding carboxylic acids is 1. The molecule has 1 aromatic carbocycles. The smallest absolute Gasteiger partial charge is 0.243 e. The first-order chi connectivity index (χ1) is 10.4. The maximum atomic E-state index is 12.8. The van der Waals surface area contributed by atoms with Crippen LogP contribution in [-0.4, -0.2) is 50.9 Å². The Hall–Kier alpha value is -1.15. The number of benzene rings is 1. The maximum absolute atomic E-state index is 12.8. The predicted octanol–water partition coefficient (Wildman–Crippen LogP) is 1.000. The van der Waals surface area contributed by atoms with Gasteiger partial charge in [0, 0.05) is 44.8 Å². The van der Waals surface area contributed by atoms with E-state index in [0.717, 1.165) is 11.3 Å². The molecule has 0 radical (unpaired) electrons. The number of hydrogen-bond acceptors (Lipinski definition) is 4. The second kappa shape index (κ2) is 6.76. The van der Waals surface area contributed by atoms with Gasteiger partial charge in [0.25, 0.3) is 0 Å². The van der Waals surface area contributed by atoms with Gasteiger partial charge in [-0.15, -0.1) is 12.4 Å². The molecule has 0 saturated carbocycles. The minimum absolute atomic E-state index is 0. The first-order valence-corrected chi connectivity index (χ1v) is 8.99. The highest BCUT2D eigenvalue weighted by Gasteiger charge is 2.32. The monoisotopic (exact) mass is 359 g/mol. The number of amides is 1. The second-order valence-corrected chi connectivity index (χ2v) is 7.77. The summed E-state index contributed by atoms with van der Waals surface area (Å²) in [6, 6.07) is 5.04. The fourth-order valence-corrected chi connectivity index (χ4v) is 4.86. The highest BCUT2D eigenvalue weighted by atomic mass is 35.5. The molecule has 1 aromatic rings. The zero-order valence-corrected chi connectivity index (χ0v) is 14.9. The SMILES string of the molecule is CC(=O)N1CCc2cc(S(=O)(=O)N3CCNC[C@@H]3C)ccc21.Cl. The minimum Gasteiger partial charge on any atom is -0.314 e. The molecule has 1 fully saturated rings. The molecule has 2 heterocycles. The van der Waals surface area contributed by atoms with Gasteiger partial charge in [0.05, 0.1) is 4.90 Å². The molecular formula is C15H22ClN3O3S. The number of piperazine rings is 1. The van der Waals surface area contributed by atoms with Gasteiger partial charge in [-0.1, -0.05) is 0 Å². The van der Waals surface area contributed by atoms with Gasteiger partial charge < -0.3 is 10.2 Å². The molecule has 0 aliphatic carbocycles. The summed E-state index contributed by atoms with van der Waals surface area (Å²) >= 11 is 0. The van der Waals surface area contributed by atoms with Crippen molar-refractivity contribution in [2.45, 2.75) is 31.2 Å². The molecule has 1 saturated heterocycles. The summed E-state index contributed by atoms with van der Waals surface area (Å²) in [5.41, 5.74) is 1.76. The zero-order valence-electron chi connectivity index (χ0n) is 13.3. The number of halogens is 1. The zero-order chi connectivity index (χ0) is 15.9. The largest absolute Gasteiger partial charge is 0.314 e. The highest BCUT2D eigenvalue weighted by Crippen LogP contribution is 2.31. The molecule has 6 nitrogen and oxygen atoms in total. The van der Waals surface area contributed by atoms with Crippen LogP contribution in [-0.2, 0) is 21.2 Å². The van der Waals surface area contributed by atoms with E-state index in [-0.39, 0.29) is 24.4 Å². The van der Waals surface area contributed by atoms with E-state index in [1.807, 2.05) is 6.92 Å². The average molecular weight is 360 g/mol. The van der Waals surface area contributed by atoms with Crippen molar-refractivity contribution in [1.82, 2.24) is 9.62 Å². The van der Waals surface area contributed by atoms with Gasteiger partial charge in [-0.2, -0.15) is 4.31 Å². The average Bonchev–Trinajstić information content (AvgIpc) is 2.90. The van der Waals surface area contributed by atoms with Crippen molar-refractivity contribution >= 4 is 34.0 Å². The van der Waals surface area contributed by atoms with Gasteiger partial charge in [0.15, 0.2) is 0 Å². The van der Waals surface area contributed by atoms with Crippen LogP contribution in [0.15, 0.2) is 23.1 Å². The van der Waals surface area contributed by atoms with Gasteiger partial charge in [0.1, 0.15) is 0 Å². The Morgan fingerprint density at radius 2 is 2.04 bits per heavy atom. The summed E-state index contributed by atoms with van der Waals surface area (Å²) in [7, 11) is -3.48. The van der Waals surface area contributed by atoms with Crippen molar-refractivity contribution in [2.75, 3.05) is 31.1 Å². The first-order valence-electron chi connectivity index (χ1n) is 7.55. The topological polar surface area (TPSA) is 69.7 Å². The van der Waals surface area contributed by atoms with E-state index in [4.69, 9.17) is 0 Å². The molecule has 0 spiro atoms. The van der Waals surface area contributed by atoms with Crippen molar-refractivity contribution in [3.05, 3.63) is 23.8 Å². The first kappa shape index (κ1) is 18.2. The van der Waals surface area contributed by atoms with E-state index in [0.29, 0.717) is 37.5 Å². The lowest BCUT2D eigenvalue weighted by atomic mass is 10.2. The Labute approximate surface area is 143 Å². The quantitative estimate of drug-likeness (QED) is 0.855. The molecule has 23 heavy (non-hydrogen) atoms. The van der Waals surface area contributed by atoms with E-state index in [2.05, 4.69) is 5.32 Å². The molecule has 1 amide bonds. The fraction of sp³-hybridized carbons (Fsp3) is 0.533. The second-order valence-electron chi connectivity index (χ2n) is 5.88. The Bertz CT molecular complexity index is 708. The van der Waals surface area contributed by atoms with Crippen molar-refractivity contribution < 1.29 is 13.2 Å². The summed E-state index contributed by atoms with van der Waals surface area (Å²) < 4.78 is 27.2. The standard InChI is InChI=1S/C15H21N3O3S.ClH/c1-11-10-16-6-8-18(11)22(20,21)14-3-4-15-13(9-14)5-7-17(15)12(2)19;/h3-4,9,11,16H,5-8,10H2,1-2H3;1H/t11-;/m0./s1. The van der Waals surface area contributed by atoms with Crippen molar-refractivity contribution in [1.29, 1.82) is 0 Å². The summed E-state index contributed by atoms with van der Waals surface area (Å²) in [5.74, 6) is -0.00918. The molecule has 0 bridgehead atoms. The van der Waals surface area contributed by atoms with Crippen molar-refractivity contribution in [3.8, 4) is 0 Å². The number of fused-ring (bicyclic) bond motifs is 1. The summed E-state index contributed by atoms with van der Waals surface area (Å²) in [5, 5.41) is 3.20. The fourth-order valence-electron chi connectivity index (χ4n) is 3.18. The van der Waals surface area contributed by atoms with Gasteiger partial charge >= 0.3 is 0 Å². The third kappa shape index (κ3) is 3.24. The lowest BCUT2D eigenvalue weighted by molar-refractivity contribution is -0.116. The van der Waals surface area contributed by atoms with Crippen LogP contribution in [0.25, 0.3) is 0 Å². The van der Waals surface area contributed by atoms with Crippen LogP contribution in [0.3, 0.4) is 0 Å². The lowest BCUT2D eigenvalue weighted by Gasteiger charge is -2.33.